The number of benzene rings is 1. The van der Waals surface area contributed by atoms with E-state index in [1.165, 1.54) is 18.1 Å². The molecule has 0 bridgehead atoms. The summed E-state index contributed by atoms with van der Waals surface area (Å²) in [7, 11) is 1.23. The van der Waals surface area contributed by atoms with Crippen molar-refractivity contribution in [3.05, 3.63) is 47.3 Å². The van der Waals surface area contributed by atoms with E-state index in [-0.39, 0.29) is 31.0 Å². The molecule has 1 atom stereocenters. The molecule has 10 nitrogen and oxygen atoms in total. The number of H-pyrrole nitrogens is 1. The van der Waals surface area contributed by atoms with Crippen LogP contribution in [0.15, 0.2) is 30.3 Å². The van der Waals surface area contributed by atoms with E-state index in [0.29, 0.717) is 16.9 Å². The highest BCUT2D eigenvalue weighted by atomic mass is 16.6. The second-order valence-corrected chi connectivity index (χ2v) is 6.18. The lowest BCUT2D eigenvalue weighted by Crippen LogP contribution is -2.26. The number of anilines is 1. The first-order valence-corrected chi connectivity index (χ1v) is 8.54. The molecule has 0 spiro atoms. The molecule has 29 heavy (non-hydrogen) atoms. The number of carboxylic acids is 1. The van der Waals surface area contributed by atoms with Crippen molar-refractivity contribution in [2.75, 3.05) is 25.2 Å². The van der Waals surface area contributed by atoms with Gasteiger partial charge in [-0.2, -0.15) is 5.26 Å². The van der Waals surface area contributed by atoms with Crippen molar-refractivity contribution >= 4 is 23.7 Å². The molecule has 1 amide bonds. The molecule has 0 aliphatic carbocycles. The number of methoxy groups -OCH3 is 1. The first-order chi connectivity index (χ1) is 13.9. The van der Waals surface area contributed by atoms with Gasteiger partial charge in [0, 0.05) is 17.4 Å². The smallest absolute Gasteiger partial charge is 0.414 e. The number of aromatic nitrogens is 1. The fourth-order valence-electron chi connectivity index (χ4n) is 2.80. The number of hydrogen-bond donors (Lipinski definition) is 2. The van der Waals surface area contributed by atoms with E-state index in [2.05, 4.69) is 9.72 Å². The van der Waals surface area contributed by atoms with Crippen molar-refractivity contribution in [2.45, 2.75) is 12.5 Å². The van der Waals surface area contributed by atoms with E-state index in [9.17, 15) is 19.5 Å². The summed E-state index contributed by atoms with van der Waals surface area (Å²) in [6.07, 6.45) is -1.33. The molecule has 3 rings (SSSR count). The zero-order valence-electron chi connectivity index (χ0n) is 15.4. The zero-order chi connectivity index (χ0) is 21.0. The van der Waals surface area contributed by atoms with Crippen LogP contribution in [0.2, 0.25) is 0 Å². The summed E-state index contributed by atoms with van der Waals surface area (Å²) in [6, 6.07) is 9.85. The molecule has 1 aliphatic rings. The number of hydrogen-bond acceptors (Lipinski definition) is 7. The number of carboxylic acid groups (broad SMARTS) is 1. The van der Waals surface area contributed by atoms with Gasteiger partial charge in [0.15, 0.2) is 17.5 Å². The number of ether oxygens (including phenoxy) is 3. The number of rotatable bonds is 7. The Bertz CT molecular complexity index is 975. The van der Waals surface area contributed by atoms with E-state index in [1.807, 2.05) is 6.07 Å². The number of aromatic carboxylic acids is 1. The van der Waals surface area contributed by atoms with Gasteiger partial charge in [-0.1, -0.05) is 0 Å². The number of nitrogens with one attached hydrogen (secondary N) is 1. The molecule has 10 heteroatoms. The second-order valence-electron chi connectivity index (χ2n) is 6.18. The van der Waals surface area contributed by atoms with Crippen LogP contribution in [-0.2, 0) is 20.7 Å². The normalized spacial score (nSPS) is 15.5. The molecular weight excluding hydrogens is 382 g/mol. The Morgan fingerprint density at radius 3 is 2.72 bits per heavy atom. The molecule has 1 saturated heterocycles. The van der Waals surface area contributed by atoms with Crippen LogP contribution in [0.3, 0.4) is 0 Å². The van der Waals surface area contributed by atoms with Gasteiger partial charge in [0.25, 0.3) is 0 Å². The number of aromatic amines is 1. The first-order valence-electron chi connectivity index (χ1n) is 8.54. The second kappa shape index (κ2) is 8.35. The minimum Gasteiger partial charge on any atom is -0.487 e. The molecule has 2 heterocycles. The molecule has 1 unspecified atom stereocenters. The monoisotopic (exact) mass is 399 g/mol. The molecule has 0 saturated carbocycles. The summed E-state index contributed by atoms with van der Waals surface area (Å²) in [5.74, 6) is -1.75. The summed E-state index contributed by atoms with van der Waals surface area (Å²) in [6.45, 7) is 0.126. The topological polar surface area (TPSA) is 142 Å². The Morgan fingerprint density at radius 1 is 1.38 bits per heavy atom. The van der Waals surface area contributed by atoms with Gasteiger partial charge < -0.3 is 24.3 Å². The van der Waals surface area contributed by atoms with E-state index in [0.717, 1.165) is 0 Å². The summed E-state index contributed by atoms with van der Waals surface area (Å²) in [4.78, 5) is 38.9. The van der Waals surface area contributed by atoms with E-state index in [4.69, 9.17) is 14.7 Å². The highest BCUT2D eigenvalue weighted by molar-refractivity contribution is 5.90. The summed E-state index contributed by atoms with van der Waals surface area (Å²) in [5, 5.41) is 18.1. The Balaban J connectivity index is 1.65. The number of carbonyl (C=O) groups excluding carboxylic acids is 2. The summed E-state index contributed by atoms with van der Waals surface area (Å²) in [5.41, 5.74) is 1.16. The minimum atomic E-state index is -1.25. The number of cyclic esters (lactones) is 1. The fraction of sp³-hybridized carbons (Fsp3) is 0.263. The van der Waals surface area contributed by atoms with Gasteiger partial charge in [-0.15, -0.1) is 0 Å². The number of nitrogens with zero attached hydrogens (tertiary/aromatic N) is 2. The minimum absolute atomic E-state index is 0.0317. The van der Waals surface area contributed by atoms with Crippen molar-refractivity contribution < 1.29 is 33.7 Å². The molecule has 0 radical (unpaired) electrons. The van der Waals surface area contributed by atoms with Crippen LogP contribution >= 0.6 is 0 Å². The van der Waals surface area contributed by atoms with Gasteiger partial charge in [-0.3, -0.25) is 9.69 Å². The maximum absolute atomic E-state index is 12.1. The van der Waals surface area contributed by atoms with Crippen LogP contribution in [-0.4, -0.2) is 54.5 Å². The van der Waals surface area contributed by atoms with Crippen LogP contribution in [0, 0.1) is 11.3 Å². The SMILES string of the molecule is COC(=O)Cc1cc(OCC2CN(c3ccc(C#N)cc3)C(=O)O2)c(C(=O)O)[nH]1. The van der Waals surface area contributed by atoms with Gasteiger partial charge in [-0.05, 0) is 24.3 Å². The molecule has 150 valence electrons. The van der Waals surface area contributed by atoms with Crippen LogP contribution < -0.4 is 9.64 Å². The van der Waals surface area contributed by atoms with Gasteiger partial charge >= 0.3 is 18.0 Å². The molecule has 2 N–H and O–H groups in total. The highest BCUT2D eigenvalue weighted by Gasteiger charge is 2.33. The Morgan fingerprint density at radius 2 is 2.10 bits per heavy atom. The van der Waals surface area contributed by atoms with Crippen molar-refractivity contribution in [1.82, 2.24) is 4.98 Å². The fourth-order valence-corrected chi connectivity index (χ4v) is 2.80. The van der Waals surface area contributed by atoms with Crippen LogP contribution in [0.1, 0.15) is 21.7 Å². The molecule has 1 aliphatic heterocycles. The number of nitriles is 1. The Labute approximate surface area is 165 Å². The number of amides is 1. The van der Waals surface area contributed by atoms with Gasteiger partial charge in [0.2, 0.25) is 0 Å². The number of carbonyl (C=O) groups is 3. The lowest BCUT2D eigenvalue weighted by Gasteiger charge is -2.13. The third-order valence-corrected chi connectivity index (χ3v) is 4.22. The lowest BCUT2D eigenvalue weighted by atomic mass is 10.2. The molecule has 1 aromatic heterocycles. The number of esters is 1. The quantitative estimate of drug-likeness (QED) is 0.670. The summed E-state index contributed by atoms with van der Waals surface area (Å²) >= 11 is 0. The largest absolute Gasteiger partial charge is 0.487 e. The maximum Gasteiger partial charge on any atom is 0.414 e. The third-order valence-electron chi connectivity index (χ3n) is 4.22. The lowest BCUT2D eigenvalue weighted by molar-refractivity contribution is -0.139. The standard InChI is InChI=1S/C19H17N3O7/c1-27-16(23)7-12-6-15(17(21-12)18(24)25)28-10-14-9-22(19(26)29-14)13-4-2-11(8-20)3-5-13/h2-6,14,21H,7,9-10H2,1H3,(H,24,25). The first kappa shape index (κ1) is 19.8. The Hall–Kier alpha value is -4.00. The zero-order valence-corrected chi connectivity index (χ0v) is 15.4. The van der Waals surface area contributed by atoms with Gasteiger partial charge in [0.05, 0.1) is 31.7 Å². The van der Waals surface area contributed by atoms with E-state index < -0.39 is 24.1 Å². The maximum atomic E-state index is 12.1. The molecule has 1 fully saturated rings. The van der Waals surface area contributed by atoms with Crippen molar-refractivity contribution in [3.63, 3.8) is 0 Å². The van der Waals surface area contributed by atoms with E-state index >= 15 is 0 Å². The predicted octanol–water partition coefficient (Wildman–Crippen LogP) is 1.70. The average Bonchev–Trinajstić information content (AvgIpc) is 3.29. The van der Waals surface area contributed by atoms with Gasteiger partial charge in [0.1, 0.15) is 6.61 Å². The van der Waals surface area contributed by atoms with Crippen molar-refractivity contribution in [1.29, 1.82) is 5.26 Å². The van der Waals surface area contributed by atoms with E-state index in [1.54, 1.807) is 24.3 Å². The van der Waals surface area contributed by atoms with Crippen molar-refractivity contribution in [3.8, 4) is 11.8 Å². The third kappa shape index (κ3) is 4.47. The average molecular weight is 399 g/mol. The predicted molar refractivity (Wildman–Crippen MR) is 97.7 cm³/mol. The Kier molecular flexibility index (Phi) is 5.69. The molecular formula is C19H17N3O7. The van der Waals surface area contributed by atoms with Gasteiger partial charge in [-0.25, -0.2) is 9.59 Å². The van der Waals surface area contributed by atoms with Crippen LogP contribution in [0.4, 0.5) is 10.5 Å². The molecule has 1 aromatic carbocycles. The molecule has 2 aromatic rings. The summed E-state index contributed by atoms with van der Waals surface area (Å²) < 4.78 is 15.4. The highest BCUT2D eigenvalue weighted by Crippen LogP contribution is 2.25. The van der Waals surface area contributed by atoms with Crippen LogP contribution in [0.25, 0.3) is 0 Å². The van der Waals surface area contributed by atoms with Crippen LogP contribution in [0.5, 0.6) is 5.75 Å². The van der Waals surface area contributed by atoms with Crippen molar-refractivity contribution in [2.24, 2.45) is 0 Å².